The van der Waals surface area contributed by atoms with Gasteiger partial charge in [-0.1, -0.05) is 0 Å². The summed E-state index contributed by atoms with van der Waals surface area (Å²) in [6.07, 6.45) is 7.05. The van der Waals surface area contributed by atoms with Crippen molar-refractivity contribution < 1.29 is 28.0 Å². The highest BCUT2D eigenvalue weighted by molar-refractivity contribution is 5.99. The largest absolute Gasteiger partial charge is 0.493 e. The zero-order valence-electron chi connectivity index (χ0n) is 17.0. The van der Waals surface area contributed by atoms with Crippen LogP contribution in [0.15, 0.2) is 12.1 Å². The fraction of sp³-hybridized carbons (Fsp3) is 0.667. The summed E-state index contributed by atoms with van der Waals surface area (Å²) in [7, 11) is 1.22. The van der Waals surface area contributed by atoms with E-state index in [0.717, 1.165) is 31.4 Å². The third-order valence-corrected chi connectivity index (χ3v) is 7.29. The molecule has 1 amide bonds. The van der Waals surface area contributed by atoms with Gasteiger partial charge in [-0.25, -0.2) is 0 Å². The van der Waals surface area contributed by atoms with Crippen LogP contribution < -0.4 is 14.8 Å². The number of amides is 1. The molecule has 0 spiro atoms. The molecule has 0 heterocycles. The van der Waals surface area contributed by atoms with E-state index in [2.05, 4.69) is 10.1 Å². The van der Waals surface area contributed by atoms with Crippen molar-refractivity contribution in [3.05, 3.63) is 27.8 Å². The van der Waals surface area contributed by atoms with Gasteiger partial charge in [0.1, 0.15) is 5.56 Å². The van der Waals surface area contributed by atoms with Gasteiger partial charge in [-0.2, -0.15) is 8.78 Å². The minimum Gasteiger partial charge on any atom is -0.493 e. The van der Waals surface area contributed by atoms with Crippen LogP contribution in [-0.4, -0.2) is 30.6 Å². The summed E-state index contributed by atoms with van der Waals surface area (Å²) in [5.41, 5.74) is -0.793. The number of nitrogens with zero attached hydrogens (tertiary/aromatic N) is 1. The van der Waals surface area contributed by atoms with E-state index in [9.17, 15) is 23.7 Å². The van der Waals surface area contributed by atoms with Crippen LogP contribution in [0.3, 0.4) is 0 Å². The molecule has 4 aliphatic rings. The minimum absolute atomic E-state index is 0.0298. The van der Waals surface area contributed by atoms with E-state index in [1.807, 2.05) is 6.92 Å². The van der Waals surface area contributed by atoms with Crippen molar-refractivity contribution in [3.63, 3.8) is 0 Å². The molecule has 4 aliphatic carbocycles. The first-order chi connectivity index (χ1) is 14.2. The molecule has 0 radical (unpaired) electrons. The Hall–Kier alpha value is -2.45. The van der Waals surface area contributed by atoms with Gasteiger partial charge in [0.25, 0.3) is 11.6 Å². The van der Waals surface area contributed by atoms with Crippen LogP contribution >= 0.6 is 0 Å². The van der Waals surface area contributed by atoms with E-state index in [-0.39, 0.29) is 22.8 Å². The van der Waals surface area contributed by atoms with E-state index in [1.165, 1.54) is 26.4 Å². The van der Waals surface area contributed by atoms with Gasteiger partial charge < -0.3 is 14.8 Å². The van der Waals surface area contributed by atoms with Crippen molar-refractivity contribution in [2.24, 2.45) is 23.2 Å². The lowest BCUT2D eigenvalue weighted by Crippen LogP contribution is -2.55. The van der Waals surface area contributed by atoms with Gasteiger partial charge >= 0.3 is 6.61 Å². The number of carbonyl (C=O) groups excluding carboxylic acids is 1. The van der Waals surface area contributed by atoms with E-state index >= 15 is 0 Å². The van der Waals surface area contributed by atoms with Gasteiger partial charge in [0.15, 0.2) is 11.5 Å². The number of carbonyl (C=O) groups is 1. The highest BCUT2D eigenvalue weighted by Gasteiger charge is 2.53. The maximum Gasteiger partial charge on any atom is 0.387 e. The topological polar surface area (TPSA) is 90.7 Å². The fourth-order valence-electron chi connectivity index (χ4n) is 6.37. The summed E-state index contributed by atoms with van der Waals surface area (Å²) in [4.78, 5) is 23.8. The van der Waals surface area contributed by atoms with Crippen LogP contribution in [0.2, 0.25) is 0 Å². The molecule has 1 N–H and O–H groups in total. The lowest BCUT2D eigenvalue weighted by Gasteiger charge is -2.59. The Balaban J connectivity index is 1.59. The van der Waals surface area contributed by atoms with Crippen molar-refractivity contribution in [1.29, 1.82) is 0 Å². The van der Waals surface area contributed by atoms with E-state index in [4.69, 9.17) is 4.74 Å². The van der Waals surface area contributed by atoms with E-state index in [0.29, 0.717) is 17.8 Å². The molecule has 30 heavy (non-hydrogen) atoms. The number of rotatable bonds is 7. The molecule has 0 unspecified atom stereocenters. The molecule has 164 valence electrons. The molecule has 0 aliphatic heterocycles. The third-order valence-electron chi connectivity index (χ3n) is 7.29. The second-order valence-electron chi connectivity index (χ2n) is 9.13. The lowest BCUT2D eigenvalue weighted by molar-refractivity contribution is -0.385. The molecule has 1 aromatic carbocycles. The molecular weight excluding hydrogens is 398 g/mol. The summed E-state index contributed by atoms with van der Waals surface area (Å²) in [5, 5.41) is 14.5. The second kappa shape index (κ2) is 7.67. The van der Waals surface area contributed by atoms with Gasteiger partial charge in [-0.05, 0) is 68.6 Å². The number of methoxy groups -OCH3 is 1. The second-order valence-corrected chi connectivity index (χ2v) is 9.13. The highest BCUT2D eigenvalue weighted by atomic mass is 19.3. The smallest absolute Gasteiger partial charge is 0.387 e. The monoisotopic (exact) mass is 424 g/mol. The van der Waals surface area contributed by atoms with Crippen LogP contribution in [0.1, 0.15) is 55.8 Å². The van der Waals surface area contributed by atoms with Gasteiger partial charge in [-0.3, -0.25) is 14.9 Å². The molecule has 9 heteroatoms. The Kier molecular flexibility index (Phi) is 5.32. The molecule has 1 atom stereocenters. The van der Waals surface area contributed by atoms with Gasteiger partial charge in [0.2, 0.25) is 0 Å². The Bertz CT molecular complexity index is 825. The number of hydrogen-bond donors (Lipinski definition) is 1. The SMILES string of the molecule is COc1cc(C(=O)N[C@H](C)C23CC4CC(CC(C4)C2)C3)c([N+](=O)[O-])cc1OC(F)F. The first kappa shape index (κ1) is 20.8. The predicted molar refractivity (Wildman–Crippen MR) is 104 cm³/mol. The van der Waals surface area contributed by atoms with E-state index in [1.54, 1.807) is 0 Å². The number of nitro benzene ring substituents is 1. The zero-order valence-corrected chi connectivity index (χ0v) is 17.0. The molecule has 5 rings (SSSR count). The molecular formula is C21H26F2N2O5. The van der Waals surface area contributed by atoms with Crippen LogP contribution in [-0.2, 0) is 0 Å². The minimum atomic E-state index is -3.17. The van der Waals surface area contributed by atoms with Gasteiger partial charge in [0.05, 0.1) is 18.1 Å². The van der Waals surface area contributed by atoms with Crippen molar-refractivity contribution in [3.8, 4) is 11.5 Å². The Morgan fingerprint density at radius 1 is 1.17 bits per heavy atom. The molecule has 1 aromatic rings. The average molecular weight is 424 g/mol. The highest BCUT2D eigenvalue weighted by Crippen LogP contribution is 2.61. The number of halogens is 2. The molecule has 4 fully saturated rings. The summed E-state index contributed by atoms with van der Waals surface area (Å²) in [5.74, 6) is 0.868. The van der Waals surface area contributed by atoms with E-state index < -0.39 is 28.9 Å². The Morgan fingerprint density at radius 2 is 1.73 bits per heavy atom. The summed E-state index contributed by atoms with van der Waals surface area (Å²) in [6, 6.07) is 1.77. The molecule has 4 saturated carbocycles. The number of hydrogen-bond acceptors (Lipinski definition) is 5. The maximum absolute atomic E-state index is 13.0. The Labute approximate surface area is 173 Å². The maximum atomic E-state index is 13.0. The van der Waals surface area contributed by atoms with Gasteiger partial charge in [-0.15, -0.1) is 0 Å². The van der Waals surface area contributed by atoms with Crippen molar-refractivity contribution in [1.82, 2.24) is 5.32 Å². The summed E-state index contributed by atoms with van der Waals surface area (Å²) in [6.45, 7) is -1.20. The van der Waals surface area contributed by atoms with Gasteiger partial charge in [0, 0.05) is 12.1 Å². The van der Waals surface area contributed by atoms with Crippen molar-refractivity contribution in [2.45, 2.75) is 58.1 Å². The van der Waals surface area contributed by atoms with Crippen molar-refractivity contribution >= 4 is 11.6 Å². The first-order valence-corrected chi connectivity index (χ1v) is 10.3. The Morgan fingerprint density at radius 3 is 2.20 bits per heavy atom. The standard InChI is InChI=1S/C21H26F2N2O5/c1-11(21-8-12-3-13(9-21)5-14(4-12)10-21)24-19(26)15-6-17(29-2)18(30-20(22)23)7-16(15)25(27)28/h6-7,11-14,20H,3-5,8-10H2,1-2H3,(H,24,26)/t11-,12?,13?,14?,21?/m1/s1. The number of nitro groups is 1. The first-order valence-electron chi connectivity index (χ1n) is 10.3. The predicted octanol–water partition coefficient (Wildman–Crippen LogP) is 4.54. The third kappa shape index (κ3) is 3.70. The van der Waals surface area contributed by atoms with Crippen molar-refractivity contribution in [2.75, 3.05) is 7.11 Å². The summed E-state index contributed by atoms with van der Waals surface area (Å²) >= 11 is 0. The molecule has 7 nitrogen and oxygen atoms in total. The average Bonchev–Trinajstić information content (AvgIpc) is 2.65. The molecule has 4 bridgehead atoms. The van der Waals surface area contributed by atoms with Crippen LogP contribution in [0.4, 0.5) is 14.5 Å². The molecule has 0 aromatic heterocycles. The number of nitrogens with one attached hydrogen (secondary N) is 1. The number of benzene rings is 1. The summed E-state index contributed by atoms with van der Waals surface area (Å²) < 4.78 is 34.6. The van der Waals surface area contributed by atoms with Crippen LogP contribution in [0.25, 0.3) is 0 Å². The number of ether oxygens (including phenoxy) is 2. The lowest BCUT2D eigenvalue weighted by atomic mass is 9.48. The zero-order chi connectivity index (χ0) is 21.6. The normalized spacial score (nSPS) is 30.2. The fourth-order valence-corrected chi connectivity index (χ4v) is 6.37. The quantitative estimate of drug-likeness (QED) is 0.513. The number of alkyl halides is 2. The van der Waals surface area contributed by atoms with Crippen LogP contribution in [0, 0.1) is 33.3 Å². The van der Waals surface area contributed by atoms with Crippen LogP contribution in [0.5, 0.6) is 11.5 Å². The molecule has 0 saturated heterocycles.